The first-order valence-corrected chi connectivity index (χ1v) is 5.29. The third-order valence-electron chi connectivity index (χ3n) is 2.47. The average molecular weight is 232 g/mol. The van der Waals surface area contributed by atoms with Crippen LogP contribution in [0.25, 0.3) is 0 Å². The summed E-state index contributed by atoms with van der Waals surface area (Å²) >= 11 is 11.9. The molecule has 76 valence electrons. The summed E-state index contributed by atoms with van der Waals surface area (Å²) in [6.07, 6.45) is 0.931. The highest BCUT2D eigenvalue weighted by Gasteiger charge is 2.22. The van der Waals surface area contributed by atoms with Gasteiger partial charge >= 0.3 is 0 Å². The summed E-state index contributed by atoms with van der Waals surface area (Å²) in [5.41, 5.74) is 6.71. The van der Waals surface area contributed by atoms with E-state index in [9.17, 15) is 0 Å². The van der Waals surface area contributed by atoms with Crippen molar-refractivity contribution < 1.29 is 4.74 Å². The molecule has 0 fully saturated rings. The highest BCUT2D eigenvalue weighted by Crippen LogP contribution is 2.40. The molecule has 1 aromatic rings. The van der Waals surface area contributed by atoms with Crippen LogP contribution in [0.5, 0.6) is 5.75 Å². The number of hydrogen-bond donors (Lipinski definition) is 1. The minimum atomic E-state index is 0.315. The van der Waals surface area contributed by atoms with Gasteiger partial charge in [-0.2, -0.15) is 0 Å². The monoisotopic (exact) mass is 231 g/mol. The molecule has 2 N–H and O–H groups in total. The molecule has 4 heteroatoms. The van der Waals surface area contributed by atoms with Crippen LogP contribution in [0.1, 0.15) is 17.9 Å². The molecule has 1 heterocycles. The molecule has 0 radical (unpaired) electrons. The molecule has 0 saturated heterocycles. The Bertz CT molecular complexity index is 354. The predicted octanol–water partition coefficient (Wildman–Crippen LogP) is 2.82. The van der Waals surface area contributed by atoms with Gasteiger partial charge in [0.1, 0.15) is 5.75 Å². The van der Waals surface area contributed by atoms with Gasteiger partial charge in [-0.15, -0.1) is 0 Å². The SMILES string of the molecule is NCC1CCOc2c(Cl)cc(Cl)cc21. The zero-order chi connectivity index (χ0) is 10.1. The van der Waals surface area contributed by atoms with Crippen LogP contribution >= 0.6 is 23.2 Å². The lowest BCUT2D eigenvalue weighted by Gasteiger charge is -2.25. The zero-order valence-electron chi connectivity index (χ0n) is 7.59. The number of hydrogen-bond acceptors (Lipinski definition) is 2. The molecule has 0 spiro atoms. The molecule has 0 aromatic heterocycles. The molecular weight excluding hydrogens is 221 g/mol. The molecular formula is C10H11Cl2NO. The summed E-state index contributed by atoms with van der Waals surface area (Å²) in [5.74, 6) is 1.06. The molecule has 2 nitrogen and oxygen atoms in total. The molecule has 1 unspecified atom stereocenters. The first-order chi connectivity index (χ1) is 6.72. The van der Waals surface area contributed by atoms with Gasteiger partial charge in [0.05, 0.1) is 11.6 Å². The van der Waals surface area contributed by atoms with Gasteiger partial charge in [0.15, 0.2) is 0 Å². The number of rotatable bonds is 1. The van der Waals surface area contributed by atoms with Crippen LogP contribution in [-0.2, 0) is 0 Å². The number of nitrogens with two attached hydrogens (primary N) is 1. The van der Waals surface area contributed by atoms with Gasteiger partial charge in [-0.3, -0.25) is 0 Å². The Balaban J connectivity index is 2.51. The minimum Gasteiger partial charge on any atom is -0.492 e. The quantitative estimate of drug-likeness (QED) is 0.807. The van der Waals surface area contributed by atoms with Crippen molar-refractivity contribution in [3.8, 4) is 5.75 Å². The second-order valence-electron chi connectivity index (χ2n) is 3.38. The molecule has 1 aliphatic rings. The van der Waals surface area contributed by atoms with E-state index in [1.807, 2.05) is 6.07 Å². The van der Waals surface area contributed by atoms with Crippen LogP contribution in [0.4, 0.5) is 0 Å². The van der Waals surface area contributed by atoms with Gasteiger partial charge in [0.2, 0.25) is 0 Å². The highest BCUT2D eigenvalue weighted by atomic mass is 35.5. The second-order valence-corrected chi connectivity index (χ2v) is 4.22. The molecule has 0 saturated carbocycles. The van der Waals surface area contributed by atoms with Crippen molar-refractivity contribution in [3.63, 3.8) is 0 Å². The van der Waals surface area contributed by atoms with E-state index in [0.717, 1.165) is 17.7 Å². The lowest BCUT2D eigenvalue weighted by atomic mass is 9.93. The van der Waals surface area contributed by atoms with E-state index in [1.54, 1.807) is 6.07 Å². The maximum Gasteiger partial charge on any atom is 0.141 e. The fraction of sp³-hybridized carbons (Fsp3) is 0.400. The Labute approximate surface area is 92.9 Å². The minimum absolute atomic E-state index is 0.315. The van der Waals surface area contributed by atoms with Crippen molar-refractivity contribution in [2.75, 3.05) is 13.2 Å². The molecule has 1 atom stereocenters. The van der Waals surface area contributed by atoms with E-state index in [2.05, 4.69) is 0 Å². The van der Waals surface area contributed by atoms with E-state index in [-0.39, 0.29) is 0 Å². The molecule has 1 aromatic carbocycles. The summed E-state index contributed by atoms with van der Waals surface area (Å²) < 4.78 is 5.50. The van der Waals surface area contributed by atoms with Crippen molar-refractivity contribution in [1.29, 1.82) is 0 Å². The van der Waals surface area contributed by atoms with Crippen molar-refractivity contribution in [3.05, 3.63) is 27.7 Å². The Hall–Kier alpha value is -0.440. The molecule has 2 rings (SSSR count). The van der Waals surface area contributed by atoms with E-state index in [4.69, 9.17) is 33.7 Å². The summed E-state index contributed by atoms with van der Waals surface area (Å²) in [6, 6.07) is 3.58. The van der Waals surface area contributed by atoms with Gasteiger partial charge in [-0.1, -0.05) is 23.2 Å². The maximum atomic E-state index is 6.02. The number of fused-ring (bicyclic) bond motifs is 1. The normalized spacial score (nSPS) is 20.1. The van der Waals surface area contributed by atoms with E-state index < -0.39 is 0 Å². The van der Waals surface area contributed by atoms with Crippen molar-refractivity contribution in [1.82, 2.24) is 0 Å². The maximum absolute atomic E-state index is 6.02. The zero-order valence-corrected chi connectivity index (χ0v) is 9.11. The Morgan fingerprint density at radius 2 is 2.21 bits per heavy atom. The molecule has 0 aliphatic carbocycles. The first kappa shape index (κ1) is 10.1. The van der Waals surface area contributed by atoms with Crippen LogP contribution in [0, 0.1) is 0 Å². The standard InChI is InChI=1S/C10H11Cl2NO/c11-7-3-8-6(5-13)1-2-14-10(8)9(12)4-7/h3-4,6H,1-2,5,13H2. The van der Waals surface area contributed by atoms with Crippen molar-refractivity contribution in [2.45, 2.75) is 12.3 Å². The van der Waals surface area contributed by atoms with Crippen LogP contribution < -0.4 is 10.5 Å². The predicted molar refractivity (Wildman–Crippen MR) is 58.4 cm³/mol. The summed E-state index contributed by atoms with van der Waals surface area (Å²) in [5, 5.41) is 1.21. The van der Waals surface area contributed by atoms with E-state index in [0.29, 0.717) is 29.1 Å². The average Bonchev–Trinajstić information content (AvgIpc) is 2.17. The molecule has 14 heavy (non-hydrogen) atoms. The smallest absolute Gasteiger partial charge is 0.141 e. The Kier molecular flexibility index (Phi) is 2.86. The fourth-order valence-corrected chi connectivity index (χ4v) is 2.30. The van der Waals surface area contributed by atoms with Crippen LogP contribution in [-0.4, -0.2) is 13.2 Å². The van der Waals surface area contributed by atoms with E-state index >= 15 is 0 Å². The summed E-state index contributed by atoms with van der Waals surface area (Å²) in [4.78, 5) is 0. The lowest BCUT2D eigenvalue weighted by Crippen LogP contribution is -2.21. The number of halogens is 2. The van der Waals surface area contributed by atoms with Gasteiger partial charge < -0.3 is 10.5 Å². The van der Waals surface area contributed by atoms with Crippen LogP contribution in [0.3, 0.4) is 0 Å². The lowest BCUT2D eigenvalue weighted by molar-refractivity contribution is 0.269. The fourth-order valence-electron chi connectivity index (χ4n) is 1.74. The highest BCUT2D eigenvalue weighted by molar-refractivity contribution is 6.35. The Morgan fingerprint density at radius 1 is 1.43 bits per heavy atom. The topological polar surface area (TPSA) is 35.2 Å². The third-order valence-corrected chi connectivity index (χ3v) is 2.97. The molecule has 0 amide bonds. The van der Waals surface area contributed by atoms with Gasteiger partial charge in [-0.05, 0) is 25.1 Å². The number of benzene rings is 1. The first-order valence-electron chi connectivity index (χ1n) is 4.54. The third kappa shape index (κ3) is 1.70. The van der Waals surface area contributed by atoms with Crippen molar-refractivity contribution >= 4 is 23.2 Å². The van der Waals surface area contributed by atoms with Crippen LogP contribution in [0.15, 0.2) is 12.1 Å². The molecule has 0 bridgehead atoms. The number of ether oxygens (including phenoxy) is 1. The van der Waals surface area contributed by atoms with Crippen LogP contribution in [0.2, 0.25) is 10.0 Å². The van der Waals surface area contributed by atoms with Gasteiger partial charge in [-0.25, -0.2) is 0 Å². The van der Waals surface area contributed by atoms with Gasteiger partial charge in [0, 0.05) is 16.5 Å². The second kappa shape index (κ2) is 3.97. The largest absolute Gasteiger partial charge is 0.492 e. The summed E-state index contributed by atoms with van der Waals surface area (Å²) in [7, 11) is 0. The Morgan fingerprint density at radius 3 is 2.93 bits per heavy atom. The van der Waals surface area contributed by atoms with E-state index in [1.165, 1.54) is 0 Å². The summed E-state index contributed by atoms with van der Waals surface area (Å²) in [6.45, 7) is 1.28. The molecule has 1 aliphatic heterocycles. The van der Waals surface area contributed by atoms with Gasteiger partial charge in [0.25, 0.3) is 0 Å². The van der Waals surface area contributed by atoms with Crippen molar-refractivity contribution in [2.24, 2.45) is 5.73 Å².